The SMILES string of the molecule is Cn1cc2cc(NC(=O)C(Cc3ccccc3)N3CC(=O)N(c4cc(Cl)ccc4N(C=N)N=N)CC3=O)c(F)cc2n1. The van der Waals surface area contributed by atoms with Crippen LogP contribution in [0.1, 0.15) is 5.56 Å². The van der Waals surface area contributed by atoms with Crippen LogP contribution in [0.3, 0.4) is 0 Å². The molecule has 1 aliphatic heterocycles. The Kier molecular flexibility index (Phi) is 7.93. The van der Waals surface area contributed by atoms with Crippen molar-refractivity contribution in [3.63, 3.8) is 0 Å². The van der Waals surface area contributed by atoms with Crippen LogP contribution in [0.5, 0.6) is 0 Å². The van der Waals surface area contributed by atoms with Gasteiger partial charge in [0.05, 0.1) is 22.6 Å². The summed E-state index contributed by atoms with van der Waals surface area (Å²) in [6.45, 7) is -0.896. The Hall–Kier alpha value is -5.17. The predicted molar refractivity (Wildman–Crippen MR) is 155 cm³/mol. The highest BCUT2D eigenvalue weighted by molar-refractivity contribution is 6.31. The fraction of sp³-hybridized carbons (Fsp3) is 0.179. The lowest BCUT2D eigenvalue weighted by molar-refractivity contribution is -0.143. The molecule has 42 heavy (non-hydrogen) atoms. The van der Waals surface area contributed by atoms with Crippen molar-refractivity contribution in [2.75, 3.05) is 28.3 Å². The summed E-state index contributed by atoms with van der Waals surface area (Å²) in [7, 11) is 1.70. The van der Waals surface area contributed by atoms with Gasteiger partial charge in [-0.15, -0.1) is 0 Å². The maximum absolute atomic E-state index is 14.9. The van der Waals surface area contributed by atoms with Crippen LogP contribution in [0.15, 0.2) is 72.1 Å². The van der Waals surface area contributed by atoms with Gasteiger partial charge in [-0.2, -0.15) is 10.6 Å². The van der Waals surface area contributed by atoms with Crippen LogP contribution < -0.4 is 15.2 Å². The van der Waals surface area contributed by atoms with Gasteiger partial charge in [-0.05, 0) is 29.8 Å². The number of amides is 3. The fourth-order valence-electron chi connectivity index (χ4n) is 4.86. The van der Waals surface area contributed by atoms with Crippen LogP contribution in [-0.4, -0.2) is 57.9 Å². The van der Waals surface area contributed by atoms with Gasteiger partial charge in [-0.3, -0.25) is 29.4 Å². The molecule has 1 unspecified atom stereocenters. The van der Waals surface area contributed by atoms with E-state index >= 15 is 0 Å². The normalized spacial score (nSPS) is 14.2. The van der Waals surface area contributed by atoms with Gasteiger partial charge < -0.3 is 10.2 Å². The second kappa shape index (κ2) is 11.7. The molecule has 14 heteroatoms. The monoisotopic (exact) mass is 589 g/mol. The summed E-state index contributed by atoms with van der Waals surface area (Å²) in [6.07, 6.45) is 2.54. The molecule has 1 aliphatic rings. The highest BCUT2D eigenvalue weighted by Crippen LogP contribution is 2.34. The molecule has 0 aliphatic carbocycles. The zero-order chi connectivity index (χ0) is 30.0. The number of carbonyl (C=O) groups is 3. The third-order valence-corrected chi connectivity index (χ3v) is 7.08. The first-order chi connectivity index (χ1) is 20.2. The quantitative estimate of drug-likeness (QED) is 0.116. The van der Waals surface area contributed by atoms with Gasteiger partial charge in [0.2, 0.25) is 17.7 Å². The third kappa shape index (κ3) is 5.67. The summed E-state index contributed by atoms with van der Waals surface area (Å²) in [5.74, 6) is -2.42. The standard InChI is InChI=1S/C28H25ClFN9O3/c1-36-13-18-10-22(20(30)12-21(18)34-36)33-28(42)25(9-17-5-3-2-4-6-17)38-15-26(40)37(14-27(38)41)24-11-19(29)7-8-23(24)39(16-31)35-32/h2-8,10-13,16,25,31-32H,9,14-15H2,1H3,(H,33,42). The number of fused-ring (bicyclic) bond motifs is 1. The van der Waals surface area contributed by atoms with E-state index in [0.717, 1.165) is 16.9 Å². The molecule has 1 atom stereocenters. The Morgan fingerprint density at radius 3 is 2.64 bits per heavy atom. The molecule has 3 amide bonds. The summed E-state index contributed by atoms with van der Waals surface area (Å²) < 4.78 is 16.5. The van der Waals surface area contributed by atoms with Crippen molar-refractivity contribution < 1.29 is 18.8 Å². The Morgan fingerprint density at radius 1 is 1.17 bits per heavy atom. The molecule has 1 saturated heterocycles. The van der Waals surface area contributed by atoms with Crippen LogP contribution >= 0.6 is 11.6 Å². The van der Waals surface area contributed by atoms with E-state index in [0.29, 0.717) is 10.9 Å². The molecule has 2 heterocycles. The molecule has 0 spiro atoms. The maximum Gasteiger partial charge on any atom is 0.247 e. The van der Waals surface area contributed by atoms with Crippen LogP contribution in [-0.2, 0) is 27.9 Å². The first kappa shape index (κ1) is 28.4. The van der Waals surface area contributed by atoms with Gasteiger partial charge in [0.1, 0.15) is 31.3 Å². The van der Waals surface area contributed by atoms with Gasteiger partial charge in [0, 0.05) is 36.1 Å². The van der Waals surface area contributed by atoms with Gasteiger partial charge >= 0.3 is 0 Å². The molecule has 12 nitrogen and oxygen atoms in total. The largest absolute Gasteiger partial charge is 0.322 e. The number of aromatic nitrogens is 2. The van der Waals surface area contributed by atoms with Crippen molar-refractivity contribution in [2.24, 2.45) is 12.3 Å². The minimum Gasteiger partial charge on any atom is -0.322 e. The predicted octanol–water partition coefficient (Wildman–Crippen LogP) is 4.15. The second-order valence-electron chi connectivity index (χ2n) is 9.60. The van der Waals surface area contributed by atoms with Gasteiger partial charge in [-0.25, -0.2) is 9.40 Å². The van der Waals surface area contributed by atoms with E-state index in [1.165, 1.54) is 44.8 Å². The van der Waals surface area contributed by atoms with Gasteiger partial charge in [0.15, 0.2) is 0 Å². The third-order valence-electron chi connectivity index (χ3n) is 6.84. The molecular formula is C28H25ClFN9O3. The maximum atomic E-state index is 14.9. The zero-order valence-corrected chi connectivity index (χ0v) is 23.0. The molecule has 0 bridgehead atoms. The fourth-order valence-corrected chi connectivity index (χ4v) is 5.03. The number of nitrogens with zero attached hydrogens (tertiary/aromatic N) is 6. The van der Waals surface area contributed by atoms with Crippen LogP contribution in [0.2, 0.25) is 5.02 Å². The van der Waals surface area contributed by atoms with Crippen molar-refractivity contribution in [1.82, 2.24) is 14.7 Å². The molecule has 0 saturated carbocycles. The Labute approximate surface area is 244 Å². The van der Waals surface area contributed by atoms with E-state index in [2.05, 4.69) is 15.6 Å². The van der Waals surface area contributed by atoms with E-state index in [9.17, 15) is 18.8 Å². The van der Waals surface area contributed by atoms with Gasteiger partial charge in [-0.1, -0.05) is 47.2 Å². The van der Waals surface area contributed by atoms with Crippen LogP contribution in [0.25, 0.3) is 10.9 Å². The summed E-state index contributed by atoms with van der Waals surface area (Å²) >= 11 is 6.17. The number of hydrogen-bond donors (Lipinski definition) is 3. The number of carbonyl (C=O) groups excluding carboxylic acids is 3. The molecular weight excluding hydrogens is 565 g/mol. The highest BCUT2D eigenvalue weighted by Gasteiger charge is 2.39. The van der Waals surface area contributed by atoms with Crippen molar-refractivity contribution in [3.05, 3.63) is 83.3 Å². The van der Waals surface area contributed by atoms with Crippen molar-refractivity contribution in [3.8, 4) is 0 Å². The van der Waals surface area contributed by atoms with Crippen molar-refractivity contribution >= 4 is 63.6 Å². The lowest BCUT2D eigenvalue weighted by Gasteiger charge is -2.38. The minimum atomic E-state index is -1.14. The number of anilines is 3. The van der Waals surface area contributed by atoms with Gasteiger partial charge in [0.25, 0.3) is 0 Å². The number of halogens is 2. The van der Waals surface area contributed by atoms with E-state index in [1.54, 1.807) is 37.5 Å². The van der Waals surface area contributed by atoms with E-state index in [-0.39, 0.29) is 28.5 Å². The van der Waals surface area contributed by atoms with E-state index in [1.807, 2.05) is 6.07 Å². The molecule has 3 N–H and O–H groups in total. The minimum absolute atomic E-state index is 0.0736. The van der Waals surface area contributed by atoms with Crippen molar-refractivity contribution in [2.45, 2.75) is 12.5 Å². The van der Waals surface area contributed by atoms with Crippen LogP contribution in [0.4, 0.5) is 21.5 Å². The molecule has 1 aromatic heterocycles. The molecule has 0 radical (unpaired) electrons. The number of benzene rings is 3. The number of nitrogens with one attached hydrogen (secondary N) is 3. The number of aryl methyl sites for hydroxylation is 1. The zero-order valence-electron chi connectivity index (χ0n) is 22.3. The lowest BCUT2D eigenvalue weighted by Crippen LogP contribution is -2.60. The smallest absolute Gasteiger partial charge is 0.247 e. The average molecular weight is 590 g/mol. The Balaban J connectivity index is 1.45. The lowest BCUT2D eigenvalue weighted by atomic mass is 10.0. The summed E-state index contributed by atoms with van der Waals surface area (Å²) in [4.78, 5) is 43.1. The summed E-state index contributed by atoms with van der Waals surface area (Å²) in [5, 5.41) is 19.4. The van der Waals surface area contributed by atoms with Crippen molar-refractivity contribution in [1.29, 1.82) is 10.9 Å². The molecule has 5 rings (SSSR count). The highest BCUT2D eigenvalue weighted by atomic mass is 35.5. The molecule has 1 fully saturated rings. The van der Waals surface area contributed by atoms with E-state index < -0.39 is 42.7 Å². The molecule has 3 aromatic carbocycles. The molecule has 214 valence electrons. The number of piperazine rings is 1. The topological polar surface area (TPSA) is 151 Å². The second-order valence-corrected chi connectivity index (χ2v) is 10.0. The van der Waals surface area contributed by atoms with Crippen LogP contribution in [0, 0.1) is 16.8 Å². The first-order valence-corrected chi connectivity index (χ1v) is 13.1. The average Bonchev–Trinajstić information content (AvgIpc) is 3.33. The first-order valence-electron chi connectivity index (χ1n) is 12.7. The number of hydrogen-bond acceptors (Lipinski definition) is 7. The molecule has 4 aromatic rings. The summed E-state index contributed by atoms with van der Waals surface area (Å²) in [6, 6.07) is 14.9. The van der Waals surface area contributed by atoms with E-state index in [4.69, 9.17) is 22.5 Å². The Morgan fingerprint density at radius 2 is 1.93 bits per heavy atom. The summed E-state index contributed by atoms with van der Waals surface area (Å²) in [5.41, 5.74) is 8.81. The number of rotatable bonds is 9. The Bertz CT molecular complexity index is 1700.